The van der Waals surface area contributed by atoms with E-state index in [-0.39, 0.29) is 48.9 Å². The van der Waals surface area contributed by atoms with Gasteiger partial charge in [0.1, 0.15) is 0 Å². The molecule has 2 aromatic carbocycles. The van der Waals surface area contributed by atoms with Gasteiger partial charge in [-0.1, -0.05) is 74.4 Å². The molecule has 1 N–H and O–H groups in total. The number of rotatable bonds is 9. The number of aliphatic hydroxyl groups excluding tert-OH is 1. The molecule has 0 aliphatic rings. The zero-order valence-electron chi connectivity index (χ0n) is 27.5. The van der Waals surface area contributed by atoms with E-state index >= 15 is 0 Å². The van der Waals surface area contributed by atoms with Gasteiger partial charge in [0.05, 0.1) is 11.3 Å². The molecular formula is C38H49IrN2O2-. The summed E-state index contributed by atoms with van der Waals surface area (Å²) < 4.78 is 0. The number of nitrogens with zero attached hydrogens (tertiary/aromatic N) is 2. The van der Waals surface area contributed by atoms with Crippen LogP contribution in [0.3, 0.4) is 0 Å². The van der Waals surface area contributed by atoms with Crippen molar-refractivity contribution in [2.45, 2.75) is 94.4 Å². The second kappa shape index (κ2) is 16.3. The third kappa shape index (κ3) is 9.81. The molecule has 0 saturated carbocycles. The van der Waals surface area contributed by atoms with E-state index in [0.717, 1.165) is 70.9 Å². The molecule has 0 bridgehead atoms. The van der Waals surface area contributed by atoms with Crippen molar-refractivity contribution in [2.75, 3.05) is 0 Å². The number of fused-ring (bicyclic) bond motifs is 3. The number of pyridine rings is 2. The Morgan fingerprint density at radius 3 is 2.16 bits per heavy atom. The molecule has 0 aliphatic carbocycles. The summed E-state index contributed by atoms with van der Waals surface area (Å²) in [4.78, 5) is 21.4. The Morgan fingerprint density at radius 1 is 0.930 bits per heavy atom. The molecule has 4 aromatic rings. The molecule has 0 saturated heterocycles. The van der Waals surface area contributed by atoms with Gasteiger partial charge in [-0.3, -0.25) is 9.78 Å². The first-order chi connectivity index (χ1) is 19.9. The number of aliphatic hydroxyl groups is 1. The fourth-order valence-electron chi connectivity index (χ4n) is 5.57. The van der Waals surface area contributed by atoms with E-state index in [2.05, 4.69) is 83.1 Å². The molecule has 0 atom stereocenters. The van der Waals surface area contributed by atoms with Crippen molar-refractivity contribution in [3.63, 3.8) is 0 Å². The Hall–Kier alpha value is -2.88. The van der Waals surface area contributed by atoms with E-state index in [9.17, 15) is 9.90 Å². The van der Waals surface area contributed by atoms with Crippen molar-refractivity contribution >= 4 is 27.5 Å². The zero-order chi connectivity index (χ0) is 31.0. The van der Waals surface area contributed by atoms with Crippen LogP contribution < -0.4 is 0 Å². The first-order valence-corrected chi connectivity index (χ1v) is 15.5. The SMILES string of the molecule is CCC(CC)C(=O)/C=C(\O)C(CC)CC.Cc1[c-]c(-c2nccc3ccc4nc(CC(C)(C)C)ccc4c23)cc(C)c1.[Ir]. The molecule has 233 valence electrons. The van der Waals surface area contributed by atoms with Crippen LogP contribution in [0.15, 0.2) is 60.5 Å². The van der Waals surface area contributed by atoms with Crippen molar-refractivity contribution in [3.8, 4) is 11.3 Å². The summed E-state index contributed by atoms with van der Waals surface area (Å²) in [5.74, 6) is 0.547. The molecule has 1 radical (unpaired) electrons. The second-order valence-electron chi connectivity index (χ2n) is 12.7. The molecule has 5 heteroatoms. The number of carbonyl (C=O) groups is 1. The van der Waals surface area contributed by atoms with E-state index in [4.69, 9.17) is 9.97 Å². The van der Waals surface area contributed by atoms with Crippen molar-refractivity contribution in [1.29, 1.82) is 0 Å². The summed E-state index contributed by atoms with van der Waals surface area (Å²) in [5, 5.41) is 13.3. The third-order valence-electron chi connectivity index (χ3n) is 7.85. The Kier molecular flexibility index (Phi) is 13.7. The molecule has 2 heterocycles. The first-order valence-electron chi connectivity index (χ1n) is 15.5. The Labute approximate surface area is 272 Å². The van der Waals surface area contributed by atoms with Gasteiger partial charge in [0.15, 0.2) is 5.78 Å². The van der Waals surface area contributed by atoms with Crippen molar-refractivity contribution in [3.05, 3.63) is 83.4 Å². The van der Waals surface area contributed by atoms with Crippen LogP contribution in [0.4, 0.5) is 0 Å². The Bertz CT molecular complexity index is 1520. The summed E-state index contributed by atoms with van der Waals surface area (Å²) in [6.07, 6.45) is 7.76. The zero-order valence-corrected chi connectivity index (χ0v) is 29.9. The summed E-state index contributed by atoms with van der Waals surface area (Å²) >= 11 is 0. The molecule has 0 aliphatic heterocycles. The maximum atomic E-state index is 11.7. The fraction of sp³-hybridized carbons (Fsp3) is 0.447. The Morgan fingerprint density at radius 2 is 1.58 bits per heavy atom. The van der Waals surface area contributed by atoms with E-state index < -0.39 is 0 Å². The third-order valence-corrected chi connectivity index (χ3v) is 7.85. The maximum absolute atomic E-state index is 11.7. The predicted octanol–water partition coefficient (Wildman–Crippen LogP) is 10.3. The average molecular weight is 758 g/mol. The van der Waals surface area contributed by atoms with E-state index in [1.807, 2.05) is 33.9 Å². The number of benzene rings is 2. The number of hydrogen-bond acceptors (Lipinski definition) is 4. The minimum Gasteiger partial charge on any atom is -0.512 e. The first kappa shape index (κ1) is 36.3. The standard InChI is InChI=1S/C25H25N2.C13H24O2.Ir/c1-16-12-17(2)14-19(13-16)24-23-18(10-11-26-24)6-9-22-21(23)8-7-20(27-22)15-25(3,4)5;1-5-10(6-2)12(14)9-13(15)11(7-3)8-4;/h6-13H,15H2,1-5H3;9-11,14H,5-8H2,1-4H3;/q-1;;/b;12-9-;. The number of ketones is 1. The van der Waals surface area contributed by atoms with Crippen LogP contribution in [-0.2, 0) is 31.3 Å². The van der Waals surface area contributed by atoms with Crippen molar-refractivity contribution < 1.29 is 30.0 Å². The molecule has 4 rings (SSSR count). The molecule has 0 amide bonds. The van der Waals surface area contributed by atoms with Gasteiger partial charge in [-0.15, -0.1) is 34.9 Å². The van der Waals surface area contributed by atoms with Crippen LogP contribution in [0.2, 0.25) is 0 Å². The summed E-state index contributed by atoms with van der Waals surface area (Å²) in [6, 6.07) is 18.5. The van der Waals surface area contributed by atoms with Crippen molar-refractivity contribution in [1.82, 2.24) is 9.97 Å². The average Bonchev–Trinajstić information content (AvgIpc) is 2.92. The molecular weight excluding hydrogens is 709 g/mol. The van der Waals surface area contributed by atoms with Gasteiger partial charge < -0.3 is 10.1 Å². The minimum atomic E-state index is 0. The summed E-state index contributed by atoms with van der Waals surface area (Å²) in [7, 11) is 0. The number of aryl methyl sites for hydroxylation is 2. The number of carbonyl (C=O) groups excluding carboxylic acids is 1. The van der Waals surface area contributed by atoms with Gasteiger partial charge in [0.2, 0.25) is 0 Å². The molecule has 43 heavy (non-hydrogen) atoms. The molecule has 0 fully saturated rings. The van der Waals surface area contributed by atoms with Gasteiger partial charge in [-0.25, -0.2) is 0 Å². The molecule has 4 nitrogen and oxygen atoms in total. The van der Waals surface area contributed by atoms with E-state index in [1.165, 1.54) is 17.0 Å². The molecule has 0 spiro atoms. The number of aromatic nitrogens is 2. The second-order valence-corrected chi connectivity index (χ2v) is 12.7. The largest absolute Gasteiger partial charge is 0.512 e. The van der Waals surface area contributed by atoms with Crippen LogP contribution in [0.25, 0.3) is 32.9 Å². The van der Waals surface area contributed by atoms with Gasteiger partial charge in [-0.2, -0.15) is 0 Å². The van der Waals surface area contributed by atoms with Gasteiger partial charge in [0.25, 0.3) is 0 Å². The summed E-state index contributed by atoms with van der Waals surface area (Å²) in [5.41, 5.74) is 6.78. The molecule has 0 unspecified atom stereocenters. The number of allylic oxidation sites excluding steroid dienone is 2. The van der Waals surface area contributed by atoms with Crippen LogP contribution >= 0.6 is 0 Å². The summed E-state index contributed by atoms with van der Waals surface area (Å²) in [6.45, 7) is 19.0. The van der Waals surface area contributed by atoms with Crippen LogP contribution in [0.1, 0.15) is 91.0 Å². The van der Waals surface area contributed by atoms with Crippen LogP contribution in [0, 0.1) is 37.2 Å². The number of hydrogen-bond donors (Lipinski definition) is 1. The fourth-order valence-corrected chi connectivity index (χ4v) is 5.57. The normalized spacial score (nSPS) is 11.9. The minimum absolute atomic E-state index is 0. The van der Waals surface area contributed by atoms with Crippen molar-refractivity contribution in [2.24, 2.45) is 17.3 Å². The van der Waals surface area contributed by atoms with E-state index in [0.29, 0.717) is 0 Å². The molecule has 2 aromatic heterocycles. The Balaban J connectivity index is 0.000000348. The van der Waals surface area contributed by atoms with Gasteiger partial charge in [-0.05, 0) is 72.2 Å². The quantitative estimate of drug-likeness (QED) is 0.0799. The van der Waals surface area contributed by atoms with Gasteiger partial charge in [0, 0.05) is 55.3 Å². The topological polar surface area (TPSA) is 63.1 Å². The monoisotopic (exact) mass is 758 g/mol. The van der Waals surface area contributed by atoms with E-state index in [1.54, 1.807) is 0 Å². The smallest absolute Gasteiger partial charge is 0.162 e. The van der Waals surface area contributed by atoms with Crippen LogP contribution in [-0.4, -0.2) is 20.9 Å². The predicted molar refractivity (Wildman–Crippen MR) is 178 cm³/mol. The van der Waals surface area contributed by atoms with Crippen LogP contribution in [0.5, 0.6) is 0 Å². The maximum Gasteiger partial charge on any atom is 0.162 e. The van der Waals surface area contributed by atoms with Gasteiger partial charge >= 0.3 is 0 Å².